The molecule has 1 aliphatic rings. The standard InChI is InChI=1S/C19H23N3O2/c23-18-16-10-5-6-11-17(16)19(24)22(18)15-8-4-2-1-3-7-13-21-14-9-12-20-21/h5-6,9-12,14H,1-4,7-8,13,15H2. The number of unbranched alkanes of at least 4 members (excludes halogenated alkanes) is 5. The lowest BCUT2D eigenvalue weighted by Gasteiger charge is -2.13. The summed E-state index contributed by atoms with van der Waals surface area (Å²) in [5, 5.41) is 4.19. The second-order valence-corrected chi connectivity index (χ2v) is 6.20. The summed E-state index contributed by atoms with van der Waals surface area (Å²) in [6.45, 7) is 1.50. The molecule has 126 valence electrons. The molecule has 0 saturated carbocycles. The van der Waals surface area contributed by atoms with Crippen molar-refractivity contribution in [2.24, 2.45) is 0 Å². The minimum absolute atomic E-state index is 0.144. The van der Waals surface area contributed by atoms with Gasteiger partial charge in [-0.25, -0.2) is 0 Å². The summed E-state index contributed by atoms with van der Waals surface area (Å²) < 4.78 is 1.96. The maximum absolute atomic E-state index is 12.2. The lowest BCUT2D eigenvalue weighted by molar-refractivity contribution is 0.0651. The first-order valence-corrected chi connectivity index (χ1v) is 8.70. The van der Waals surface area contributed by atoms with E-state index in [0.717, 1.165) is 32.2 Å². The van der Waals surface area contributed by atoms with Gasteiger partial charge in [0.05, 0.1) is 11.1 Å². The van der Waals surface area contributed by atoms with Crippen molar-refractivity contribution < 1.29 is 9.59 Å². The Labute approximate surface area is 142 Å². The quantitative estimate of drug-likeness (QED) is 0.523. The molecule has 5 nitrogen and oxygen atoms in total. The van der Waals surface area contributed by atoms with Crippen molar-refractivity contribution in [1.82, 2.24) is 14.7 Å². The second-order valence-electron chi connectivity index (χ2n) is 6.20. The van der Waals surface area contributed by atoms with Crippen molar-refractivity contribution in [2.45, 2.75) is 45.1 Å². The molecule has 2 aromatic rings. The Morgan fingerprint density at radius 3 is 1.92 bits per heavy atom. The molecule has 0 atom stereocenters. The summed E-state index contributed by atoms with van der Waals surface area (Å²) in [5.74, 6) is -0.287. The van der Waals surface area contributed by atoms with Gasteiger partial charge in [0.15, 0.2) is 0 Å². The fourth-order valence-electron chi connectivity index (χ4n) is 3.13. The molecular formula is C19H23N3O2. The number of rotatable bonds is 9. The highest BCUT2D eigenvalue weighted by atomic mass is 16.2. The zero-order valence-electron chi connectivity index (χ0n) is 13.9. The summed E-state index contributed by atoms with van der Waals surface area (Å²) in [4.78, 5) is 25.8. The van der Waals surface area contributed by atoms with Gasteiger partial charge >= 0.3 is 0 Å². The normalized spacial score (nSPS) is 13.6. The molecule has 5 heteroatoms. The molecule has 3 rings (SSSR count). The van der Waals surface area contributed by atoms with Crippen LogP contribution in [0.5, 0.6) is 0 Å². The molecule has 2 amide bonds. The smallest absolute Gasteiger partial charge is 0.261 e. The number of amides is 2. The second kappa shape index (κ2) is 7.90. The Hall–Kier alpha value is -2.43. The van der Waals surface area contributed by atoms with E-state index in [9.17, 15) is 9.59 Å². The highest BCUT2D eigenvalue weighted by Gasteiger charge is 2.34. The number of fused-ring (bicyclic) bond motifs is 1. The number of aryl methyl sites for hydroxylation is 1. The van der Waals surface area contributed by atoms with Crippen LogP contribution < -0.4 is 0 Å². The molecule has 0 spiro atoms. The third kappa shape index (κ3) is 3.72. The van der Waals surface area contributed by atoms with Crippen LogP contribution in [0.15, 0.2) is 42.7 Å². The van der Waals surface area contributed by atoms with E-state index in [1.807, 2.05) is 16.9 Å². The molecule has 0 bridgehead atoms. The van der Waals surface area contributed by atoms with Gasteiger partial charge in [0, 0.05) is 25.5 Å². The molecule has 2 heterocycles. The molecular weight excluding hydrogens is 302 g/mol. The lowest BCUT2D eigenvalue weighted by Crippen LogP contribution is -2.30. The largest absolute Gasteiger partial charge is 0.274 e. The van der Waals surface area contributed by atoms with Crippen molar-refractivity contribution >= 4 is 11.8 Å². The van der Waals surface area contributed by atoms with Gasteiger partial charge in [-0.1, -0.05) is 37.8 Å². The Balaban J connectivity index is 1.30. The van der Waals surface area contributed by atoms with E-state index in [1.54, 1.807) is 30.5 Å². The Morgan fingerprint density at radius 2 is 1.33 bits per heavy atom. The van der Waals surface area contributed by atoms with Gasteiger partial charge < -0.3 is 0 Å². The average Bonchev–Trinajstić information content (AvgIpc) is 3.20. The van der Waals surface area contributed by atoms with Gasteiger partial charge in [0.25, 0.3) is 11.8 Å². The first-order chi connectivity index (χ1) is 11.8. The van der Waals surface area contributed by atoms with E-state index in [2.05, 4.69) is 5.10 Å². The highest BCUT2D eigenvalue weighted by molar-refractivity contribution is 6.21. The number of hydrogen-bond acceptors (Lipinski definition) is 3. The van der Waals surface area contributed by atoms with Crippen molar-refractivity contribution in [3.05, 3.63) is 53.9 Å². The molecule has 0 saturated heterocycles. The van der Waals surface area contributed by atoms with Crippen LogP contribution in [0.4, 0.5) is 0 Å². The molecule has 1 aromatic carbocycles. The average molecular weight is 325 g/mol. The Morgan fingerprint density at radius 1 is 0.750 bits per heavy atom. The van der Waals surface area contributed by atoms with E-state index in [0.29, 0.717) is 17.7 Å². The van der Waals surface area contributed by atoms with Crippen molar-refractivity contribution in [1.29, 1.82) is 0 Å². The molecule has 1 aliphatic heterocycles. The van der Waals surface area contributed by atoms with Crippen LogP contribution in [0.25, 0.3) is 0 Å². The van der Waals surface area contributed by atoms with Crippen molar-refractivity contribution in [3.8, 4) is 0 Å². The maximum Gasteiger partial charge on any atom is 0.261 e. The number of hydrogen-bond donors (Lipinski definition) is 0. The summed E-state index contributed by atoms with van der Waals surface area (Å²) in [6.07, 6.45) is 10.4. The lowest BCUT2D eigenvalue weighted by atomic mass is 10.1. The van der Waals surface area contributed by atoms with Crippen LogP contribution in [0, 0.1) is 0 Å². The van der Waals surface area contributed by atoms with Gasteiger partial charge in [-0.3, -0.25) is 19.2 Å². The van der Waals surface area contributed by atoms with Gasteiger partial charge in [0.1, 0.15) is 0 Å². The molecule has 0 aliphatic carbocycles. The molecule has 0 N–H and O–H groups in total. The molecule has 1 aromatic heterocycles. The van der Waals surface area contributed by atoms with Gasteiger partial charge in [0.2, 0.25) is 0 Å². The van der Waals surface area contributed by atoms with Crippen LogP contribution in [-0.2, 0) is 6.54 Å². The van der Waals surface area contributed by atoms with Gasteiger partial charge in [-0.15, -0.1) is 0 Å². The molecule has 24 heavy (non-hydrogen) atoms. The maximum atomic E-state index is 12.2. The number of imide groups is 1. The van der Waals surface area contributed by atoms with E-state index in [-0.39, 0.29) is 11.8 Å². The predicted molar refractivity (Wildman–Crippen MR) is 91.7 cm³/mol. The monoisotopic (exact) mass is 325 g/mol. The first-order valence-electron chi connectivity index (χ1n) is 8.70. The van der Waals surface area contributed by atoms with E-state index >= 15 is 0 Å². The number of aromatic nitrogens is 2. The Bertz CT molecular complexity index is 659. The number of nitrogens with zero attached hydrogens (tertiary/aromatic N) is 3. The molecule has 0 unspecified atom stereocenters. The highest BCUT2D eigenvalue weighted by Crippen LogP contribution is 2.22. The van der Waals surface area contributed by atoms with Gasteiger partial charge in [-0.2, -0.15) is 5.10 Å². The zero-order valence-corrected chi connectivity index (χ0v) is 13.9. The zero-order chi connectivity index (χ0) is 16.8. The van der Waals surface area contributed by atoms with Crippen LogP contribution in [0.3, 0.4) is 0 Å². The number of benzene rings is 1. The van der Waals surface area contributed by atoms with E-state index < -0.39 is 0 Å². The summed E-state index contributed by atoms with van der Waals surface area (Å²) in [5.41, 5.74) is 1.09. The summed E-state index contributed by atoms with van der Waals surface area (Å²) >= 11 is 0. The molecule has 0 radical (unpaired) electrons. The SMILES string of the molecule is O=C1c2ccccc2C(=O)N1CCCCCCCCn1cccn1. The Kier molecular flexibility index (Phi) is 5.41. The summed E-state index contributed by atoms with van der Waals surface area (Å²) in [7, 11) is 0. The fraction of sp³-hybridized carbons (Fsp3) is 0.421. The number of carbonyl (C=O) groups is 2. The van der Waals surface area contributed by atoms with Crippen LogP contribution in [0.2, 0.25) is 0 Å². The third-order valence-electron chi connectivity index (χ3n) is 4.46. The topological polar surface area (TPSA) is 55.2 Å². The van der Waals surface area contributed by atoms with Crippen LogP contribution in [-0.4, -0.2) is 33.0 Å². The van der Waals surface area contributed by atoms with Crippen molar-refractivity contribution in [3.63, 3.8) is 0 Å². The van der Waals surface area contributed by atoms with E-state index in [1.165, 1.54) is 17.7 Å². The minimum atomic E-state index is -0.144. The third-order valence-corrected chi connectivity index (χ3v) is 4.46. The van der Waals surface area contributed by atoms with Crippen LogP contribution >= 0.6 is 0 Å². The van der Waals surface area contributed by atoms with Gasteiger partial charge in [-0.05, 0) is 31.0 Å². The van der Waals surface area contributed by atoms with E-state index in [4.69, 9.17) is 0 Å². The number of carbonyl (C=O) groups excluding carboxylic acids is 2. The minimum Gasteiger partial charge on any atom is -0.274 e. The fourth-order valence-corrected chi connectivity index (χ4v) is 3.13. The summed E-state index contributed by atoms with van der Waals surface area (Å²) in [6, 6.07) is 9.01. The van der Waals surface area contributed by atoms with Crippen LogP contribution in [0.1, 0.15) is 59.2 Å². The first kappa shape index (κ1) is 16.4. The molecule has 0 fully saturated rings. The predicted octanol–water partition coefficient (Wildman–Crippen LogP) is 3.52. The van der Waals surface area contributed by atoms with Crippen molar-refractivity contribution in [2.75, 3.05) is 6.54 Å².